The summed E-state index contributed by atoms with van der Waals surface area (Å²) >= 11 is 1.48. The maximum atomic E-state index is 13.3. The lowest BCUT2D eigenvalue weighted by Crippen LogP contribution is -2.21. The van der Waals surface area contributed by atoms with E-state index < -0.39 is 0 Å². The van der Waals surface area contributed by atoms with Gasteiger partial charge in [0, 0.05) is 11.4 Å². The minimum atomic E-state index is -0.343. The Bertz CT molecular complexity index is 1120. The minimum Gasteiger partial charge on any atom is -0.353 e. The Morgan fingerprint density at radius 2 is 1.85 bits per heavy atom. The predicted octanol–water partition coefficient (Wildman–Crippen LogP) is 4.45. The van der Waals surface area contributed by atoms with Crippen molar-refractivity contribution in [2.75, 3.05) is 0 Å². The molecule has 0 radical (unpaired) electrons. The van der Waals surface area contributed by atoms with Gasteiger partial charge >= 0.3 is 0 Å². The van der Waals surface area contributed by atoms with Gasteiger partial charge in [0.25, 0.3) is 5.56 Å². The van der Waals surface area contributed by atoms with Gasteiger partial charge in [0.05, 0.1) is 11.2 Å². The van der Waals surface area contributed by atoms with Gasteiger partial charge in [-0.05, 0) is 42.8 Å². The highest BCUT2D eigenvalue weighted by Gasteiger charge is 2.15. The van der Waals surface area contributed by atoms with E-state index in [9.17, 15) is 9.18 Å². The lowest BCUT2D eigenvalue weighted by atomic mass is 10.2. The summed E-state index contributed by atoms with van der Waals surface area (Å²) in [7, 11) is 0. The van der Waals surface area contributed by atoms with E-state index in [1.807, 2.05) is 43.3 Å². The van der Waals surface area contributed by atoms with Gasteiger partial charge in [-0.25, -0.2) is 9.37 Å². The Morgan fingerprint density at radius 3 is 2.58 bits per heavy atom. The molecule has 0 amide bonds. The smallest absolute Gasteiger partial charge is 0.283 e. The summed E-state index contributed by atoms with van der Waals surface area (Å²) in [4.78, 5) is 20.8. The van der Waals surface area contributed by atoms with Crippen molar-refractivity contribution in [1.82, 2.24) is 14.5 Å². The van der Waals surface area contributed by atoms with E-state index in [0.29, 0.717) is 27.6 Å². The van der Waals surface area contributed by atoms with Crippen molar-refractivity contribution in [3.63, 3.8) is 0 Å². The van der Waals surface area contributed by atoms with Crippen molar-refractivity contribution in [2.45, 2.75) is 17.8 Å². The minimum absolute atomic E-state index is 0.190. The molecule has 2 aromatic carbocycles. The molecule has 0 fully saturated rings. The van der Waals surface area contributed by atoms with Crippen LogP contribution in [0.3, 0.4) is 0 Å². The van der Waals surface area contributed by atoms with Crippen molar-refractivity contribution < 1.29 is 4.39 Å². The van der Waals surface area contributed by atoms with Crippen LogP contribution in [0.5, 0.6) is 0 Å². The molecule has 4 rings (SSSR count). The zero-order chi connectivity index (χ0) is 18.1. The van der Waals surface area contributed by atoms with Crippen molar-refractivity contribution in [3.05, 3.63) is 88.1 Å². The predicted molar refractivity (Wildman–Crippen MR) is 102 cm³/mol. The normalized spacial score (nSPS) is 11.2. The molecule has 0 saturated heterocycles. The second-order valence-electron chi connectivity index (χ2n) is 6.00. The Kier molecular flexibility index (Phi) is 4.34. The Balaban J connectivity index is 1.84. The second-order valence-corrected chi connectivity index (χ2v) is 6.94. The molecule has 0 spiro atoms. The number of nitrogens with zero attached hydrogens (tertiary/aromatic N) is 2. The highest BCUT2D eigenvalue weighted by molar-refractivity contribution is 7.98. The summed E-state index contributed by atoms with van der Waals surface area (Å²) in [5, 5.41) is 0.581. The number of benzene rings is 2. The number of halogens is 1. The summed E-state index contributed by atoms with van der Waals surface area (Å²) in [6.45, 7) is 1.89. The number of aromatic nitrogens is 3. The third-order valence-corrected chi connectivity index (χ3v) is 5.06. The van der Waals surface area contributed by atoms with Crippen LogP contribution in [-0.2, 0) is 5.75 Å². The van der Waals surface area contributed by atoms with E-state index in [0.717, 1.165) is 11.3 Å². The van der Waals surface area contributed by atoms with Gasteiger partial charge in [-0.1, -0.05) is 42.1 Å². The lowest BCUT2D eigenvalue weighted by Gasteiger charge is -2.12. The fourth-order valence-electron chi connectivity index (χ4n) is 2.81. The molecule has 4 aromatic rings. The van der Waals surface area contributed by atoms with Gasteiger partial charge < -0.3 is 4.98 Å². The van der Waals surface area contributed by atoms with E-state index in [4.69, 9.17) is 0 Å². The summed E-state index contributed by atoms with van der Waals surface area (Å²) in [6, 6.07) is 17.7. The van der Waals surface area contributed by atoms with Crippen molar-refractivity contribution in [1.29, 1.82) is 0 Å². The molecular formula is C20H16FN3OS. The maximum Gasteiger partial charge on any atom is 0.283 e. The molecule has 2 aromatic heterocycles. The fraction of sp³-hybridized carbons (Fsp3) is 0.100. The van der Waals surface area contributed by atoms with Gasteiger partial charge in [0.2, 0.25) is 0 Å². The van der Waals surface area contributed by atoms with E-state index in [-0.39, 0.29) is 11.4 Å². The van der Waals surface area contributed by atoms with E-state index >= 15 is 0 Å². The van der Waals surface area contributed by atoms with E-state index in [2.05, 4.69) is 9.97 Å². The molecule has 6 heteroatoms. The molecule has 26 heavy (non-hydrogen) atoms. The van der Waals surface area contributed by atoms with Gasteiger partial charge in [-0.2, -0.15) is 0 Å². The standard InChI is InChI=1S/C20H16FN3OS/c1-13-11-17-18(22-13)19(25)24(16-9-7-15(21)8-10-16)20(23-17)26-12-14-5-3-2-4-6-14/h2-11,22H,12H2,1H3. The first-order valence-corrected chi connectivity index (χ1v) is 9.15. The van der Waals surface area contributed by atoms with Gasteiger partial charge in [-0.3, -0.25) is 9.36 Å². The van der Waals surface area contributed by atoms with Gasteiger partial charge in [-0.15, -0.1) is 0 Å². The highest BCUT2D eigenvalue weighted by Crippen LogP contribution is 2.24. The molecule has 0 unspecified atom stereocenters. The van der Waals surface area contributed by atoms with E-state index in [1.165, 1.54) is 28.5 Å². The van der Waals surface area contributed by atoms with Crippen LogP contribution in [0.15, 0.2) is 70.6 Å². The highest BCUT2D eigenvalue weighted by atomic mass is 32.2. The monoisotopic (exact) mass is 365 g/mol. The van der Waals surface area contributed by atoms with Gasteiger partial charge in [0.1, 0.15) is 11.3 Å². The molecule has 0 saturated carbocycles. The van der Waals surface area contributed by atoms with Crippen LogP contribution in [-0.4, -0.2) is 14.5 Å². The summed E-state index contributed by atoms with van der Waals surface area (Å²) in [5.41, 5.74) is 3.51. The second kappa shape index (κ2) is 6.80. The molecule has 4 nitrogen and oxygen atoms in total. The average Bonchev–Trinajstić information content (AvgIpc) is 3.03. The number of hydrogen-bond acceptors (Lipinski definition) is 3. The lowest BCUT2D eigenvalue weighted by molar-refractivity contribution is 0.627. The van der Waals surface area contributed by atoms with Crippen LogP contribution in [0.4, 0.5) is 4.39 Å². The largest absolute Gasteiger partial charge is 0.353 e. The van der Waals surface area contributed by atoms with Crippen LogP contribution in [0.2, 0.25) is 0 Å². The van der Waals surface area contributed by atoms with Gasteiger partial charge in [0.15, 0.2) is 5.16 Å². The molecule has 130 valence electrons. The van der Waals surface area contributed by atoms with Crippen molar-refractivity contribution >= 4 is 22.8 Å². The average molecular weight is 365 g/mol. The molecular weight excluding hydrogens is 349 g/mol. The number of hydrogen-bond donors (Lipinski definition) is 1. The quantitative estimate of drug-likeness (QED) is 0.429. The number of rotatable bonds is 4. The molecule has 2 heterocycles. The van der Waals surface area contributed by atoms with Crippen LogP contribution in [0.25, 0.3) is 16.7 Å². The first-order valence-electron chi connectivity index (χ1n) is 8.17. The SMILES string of the molecule is Cc1cc2nc(SCc3ccccc3)n(-c3ccc(F)cc3)c(=O)c2[nH]1. The van der Waals surface area contributed by atoms with Crippen LogP contribution in [0.1, 0.15) is 11.3 Å². The zero-order valence-corrected chi connectivity index (χ0v) is 14.9. The number of thioether (sulfide) groups is 1. The van der Waals surface area contributed by atoms with Crippen molar-refractivity contribution in [2.24, 2.45) is 0 Å². The number of aryl methyl sites for hydroxylation is 1. The number of nitrogens with one attached hydrogen (secondary N) is 1. The van der Waals surface area contributed by atoms with Crippen molar-refractivity contribution in [3.8, 4) is 5.69 Å². The zero-order valence-electron chi connectivity index (χ0n) is 14.1. The molecule has 0 aliphatic heterocycles. The Hall–Kier alpha value is -2.86. The molecule has 1 N–H and O–H groups in total. The number of fused-ring (bicyclic) bond motifs is 1. The Morgan fingerprint density at radius 1 is 1.12 bits per heavy atom. The maximum absolute atomic E-state index is 13.3. The first-order chi connectivity index (χ1) is 12.6. The first kappa shape index (κ1) is 16.6. The topological polar surface area (TPSA) is 50.7 Å². The molecule has 0 atom stereocenters. The third-order valence-electron chi connectivity index (χ3n) is 4.05. The molecule has 0 bridgehead atoms. The summed E-state index contributed by atoms with van der Waals surface area (Å²) in [6.07, 6.45) is 0. The van der Waals surface area contributed by atoms with E-state index in [1.54, 1.807) is 12.1 Å². The number of aromatic amines is 1. The van der Waals surface area contributed by atoms with Crippen LogP contribution < -0.4 is 5.56 Å². The Labute approximate surface area is 153 Å². The van der Waals surface area contributed by atoms with Crippen LogP contribution in [0, 0.1) is 12.7 Å². The summed E-state index contributed by atoms with van der Waals surface area (Å²) in [5.74, 6) is 0.341. The fourth-order valence-corrected chi connectivity index (χ4v) is 3.78. The van der Waals surface area contributed by atoms with Crippen LogP contribution >= 0.6 is 11.8 Å². The molecule has 0 aliphatic carbocycles. The number of H-pyrrole nitrogens is 1. The summed E-state index contributed by atoms with van der Waals surface area (Å²) < 4.78 is 14.8. The third kappa shape index (κ3) is 3.15. The molecule has 0 aliphatic rings.